The summed E-state index contributed by atoms with van der Waals surface area (Å²) in [4.78, 5) is 15.7. The van der Waals surface area contributed by atoms with Gasteiger partial charge in [-0.05, 0) is 19.9 Å². The Bertz CT molecular complexity index is 1180. The van der Waals surface area contributed by atoms with Crippen molar-refractivity contribution in [2.75, 3.05) is 6.61 Å². The third-order valence-corrected chi connectivity index (χ3v) is 4.50. The number of carbonyl (C=O) groups excluding carboxylic acids is 1. The quantitative estimate of drug-likeness (QED) is 0.638. The molecule has 0 fully saturated rings. The second-order valence-corrected chi connectivity index (χ2v) is 6.83. The van der Waals surface area contributed by atoms with E-state index in [9.17, 15) is 14.3 Å². The van der Waals surface area contributed by atoms with Gasteiger partial charge < -0.3 is 24.7 Å². The predicted molar refractivity (Wildman–Crippen MR) is 99.3 cm³/mol. The second kappa shape index (κ2) is 6.76. The van der Waals surface area contributed by atoms with Crippen molar-refractivity contribution < 1.29 is 23.6 Å². The Balaban J connectivity index is 1.79. The van der Waals surface area contributed by atoms with E-state index in [0.29, 0.717) is 23.7 Å². The number of aliphatic hydroxyl groups is 1. The van der Waals surface area contributed by atoms with Crippen LogP contribution < -0.4 is 10.5 Å². The van der Waals surface area contributed by atoms with Crippen molar-refractivity contribution in [1.29, 1.82) is 0 Å². The van der Waals surface area contributed by atoms with E-state index in [4.69, 9.17) is 15.0 Å². The van der Waals surface area contributed by atoms with Crippen LogP contribution in [-0.4, -0.2) is 32.3 Å². The van der Waals surface area contributed by atoms with Gasteiger partial charge in [0.15, 0.2) is 5.60 Å². The molecule has 3 heterocycles. The van der Waals surface area contributed by atoms with Gasteiger partial charge in [-0.2, -0.15) is 0 Å². The maximum atomic E-state index is 14.6. The number of nitrogens with two attached hydrogens (primary N) is 1. The van der Waals surface area contributed by atoms with Crippen LogP contribution in [0.25, 0.3) is 11.4 Å². The molecule has 9 heteroatoms. The number of ether oxygens (including phenoxy) is 1. The fourth-order valence-corrected chi connectivity index (χ4v) is 2.97. The van der Waals surface area contributed by atoms with Gasteiger partial charge in [-0.1, -0.05) is 17.0 Å². The zero-order chi connectivity index (χ0) is 20.8. The Labute approximate surface area is 165 Å². The second-order valence-electron chi connectivity index (χ2n) is 6.83. The number of carbonyl (C=O) groups is 1. The average Bonchev–Trinajstić information content (AvgIpc) is 3.25. The zero-order valence-electron chi connectivity index (χ0n) is 15.7. The molecule has 2 aromatic heterocycles. The summed E-state index contributed by atoms with van der Waals surface area (Å²) in [5.41, 5.74) is 4.52. The van der Waals surface area contributed by atoms with Gasteiger partial charge in [0.2, 0.25) is 0 Å². The van der Waals surface area contributed by atoms with Crippen LogP contribution in [0.5, 0.6) is 5.75 Å². The van der Waals surface area contributed by atoms with Crippen molar-refractivity contribution in [3.63, 3.8) is 0 Å². The Hall–Kier alpha value is -3.64. The van der Waals surface area contributed by atoms with Crippen LogP contribution in [0.4, 0.5) is 4.39 Å². The molecule has 0 spiro atoms. The highest BCUT2D eigenvalue weighted by Gasteiger charge is 2.25. The fourth-order valence-electron chi connectivity index (χ4n) is 2.97. The van der Waals surface area contributed by atoms with Gasteiger partial charge in [0.05, 0.1) is 17.7 Å². The SMILES string of the molecule is Cc1cc([C@](C)(O)C#Cc2cc3c(cc2F)OCCn2cc(C(N)=O)nc2-3)no1. The van der Waals surface area contributed by atoms with Gasteiger partial charge in [-0.25, -0.2) is 9.37 Å². The number of nitrogens with zero attached hydrogens (tertiary/aromatic N) is 3. The molecule has 148 valence electrons. The normalized spacial score (nSPS) is 14.5. The lowest BCUT2D eigenvalue weighted by Crippen LogP contribution is -2.18. The monoisotopic (exact) mass is 396 g/mol. The number of imidazole rings is 1. The first kappa shape index (κ1) is 18.7. The lowest BCUT2D eigenvalue weighted by atomic mass is 10.0. The number of benzene rings is 1. The Morgan fingerprint density at radius 1 is 1.41 bits per heavy atom. The van der Waals surface area contributed by atoms with Gasteiger partial charge in [0, 0.05) is 18.3 Å². The lowest BCUT2D eigenvalue weighted by molar-refractivity contribution is 0.0995. The average molecular weight is 396 g/mol. The third kappa shape index (κ3) is 3.46. The zero-order valence-corrected chi connectivity index (χ0v) is 15.7. The molecule has 1 aromatic carbocycles. The Kier molecular flexibility index (Phi) is 4.36. The molecule has 0 saturated heterocycles. The van der Waals surface area contributed by atoms with Crippen LogP contribution in [0.3, 0.4) is 0 Å². The maximum Gasteiger partial charge on any atom is 0.268 e. The summed E-state index contributed by atoms with van der Waals surface area (Å²) in [7, 11) is 0. The van der Waals surface area contributed by atoms with Crippen molar-refractivity contribution in [2.24, 2.45) is 5.73 Å². The van der Waals surface area contributed by atoms with Gasteiger partial charge >= 0.3 is 0 Å². The number of amides is 1. The lowest BCUT2D eigenvalue weighted by Gasteiger charge is -2.12. The first-order chi connectivity index (χ1) is 13.7. The highest BCUT2D eigenvalue weighted by Crippen LogP contribution is 2.34. The van der Waals surface area contributed by atoms with E-state index in [-0.39, 0.29) is 29.3 Å². The number of primary amides is 1. The standard InChI is InChI=1S/C20H17FN4O4/c1-11-7-17(24-29-11)20(2,27)4-3-12-8-13-16(9-14(12)21)28-6-5-25-10-15(18(22)26)23-19(13)25/h7-10,27H,5-6H2,1-2H3,(H2,22,26)/t20-/m1/s1. The molecule has 0 aliphatic carbocycles. The number of aromatic nitrogens is 3. The Morgan fingerprint density at radius 3 is 2.90 bits per heavy atom. The predicted octanol–water partition coefficient (Wildman–Crippen LogP) is 1.74. The molecule has 1 amide bonds. The van der Waals surface area contributed by atoms with Gasteiger partial charge in [-0.15, -0.1) is 0 Å². The van der Waals surface area contributed by atoms with Crippen molar-refractivity contribution in [3.8, 4) is 29.0 Å². The topological polar surface area (TPSA) is 116 Å². The fraction of sp³-hybridized carbons (Fsp3) is 0.250. The molecular formula is C20H17FN4O4. The van der Waals surface area contributed by atoms with Crippen LogP contribution in [0.2, 0.25) is 0 Å². The van der Waals surface area contributed by atoms with E-state index in [1.807, 2.05) is 0 Å². The molecule has 1 aliphatic heterocycles. The largest absolute Gasteiger partial charge is 0.491 e. The third-order valence-electron chi connectivity index (χ3n) is 4.50. The van der Waals surface area contributed by atoms with Gasteiger partial charge in [0.25, 0.3) is 5.91 Å². The minimum absolute atomic E-state index is 0.0323. The van der Waals surface area contributed by atoms with Crippen molar-refractivity contribution in [1.82, 2.24) is 14.7 Å². The van der Waals surface area contributed by atoms with E-state index in [0.717, 1.165) is 0 Å². The molecule has 0 saturated carbocycles. The van der Waals surface area contributed by atoms with E-state index < -0.39 is 17.3 Å². The maximum absolute atomic E-state index is 14.6. The number of hydrogen-bond donors (Lipinski definition) is 2. The van der Waals surface area contributed by atoms with Crippen molar-refractivity contribution in [3.05, 3.63) is 52.9 Å². The smallest absolute Gasteiger partial charge is 0.268 e. The van der Waals surface area contributed by atoms with Crippen LogP contribution in [0, 0.1) is 24.6 Å². The molecule has 0 bridgehead atoms. The van der Waals surface area contributed by atoms with Crippen molar-refractivity contribution >= 4 is 5.91 Å². The minimum Gasteiger partial charge on any atom is -0.491 e. The molecule has 4 rings (SSSR count). The first-order valence-electron chi connectivity index (χ1n) is 8.77. The molecular weight excluding hydrogens is 379 g/mol. The van der Waals surface area contributed by atoms with Crippen LogP contribution >= 0.6 is 0 Å². The van der Waals surface area contributed by atoms with E-state index in [1.165, 1.54) is 25.3 Å². The summed E-state index contributed by atoms with van der Waals surface area (Å²) in [6, 6.07) is 4.23. The molecule has 3 N–H and O–H groups in total. The molecule has 0 unspecified atom stereocenters. The molecule has 0 radical (unpaired) electrons. The number of hydrogen-bond acceptors (Lipinski definition) is 6. The molecule has 1 aliphatic rings. The van der Waals surface area contributed by atoms with Crippen LogP contribution in [-0.2, 0) is 12.1 Å². The number of rotatable bonds is 2. The molecule has 3 aromatic rings. The minimum atomic E-state index is -1.63. The summed E-state index contributed by atoms with van der Waals surface area (Å²) in [6.07, 6.45) is 1.53. The first-order valence-corrected chi connectivity index (χ1v) is 8.77. The van der Waals surface area contributed by atoms with Crippen LogP contribution in [0.1, 0.15) is 34.4 Å². The summed E-state index contributed by atoms with van der Waals surface area (Å²) in [6.45, 7) is 3.83. The number of aryl methyl sites for hydroxylation is 1. The Morgan fingerprint density at radius 2 is 2.21 bits per heavy atom. The van der Waals surface area contributed by atoms with Crippen LogP contribution in [0.15, 0.2) is 28.9 Å². The number of halogens is 1. The van der Waals surface area contributed by atoms with Gasteiger partial charge in [-0.3, -0.25) is 4.79 Å². The van der Waals surface area contributed by atoms with Crippen molar-refractivity contribution in [2.45, 2.75) is 26.0 Å². The summed E-state index contributed by atoms with van der Waals surface area (Å²) in [5, 5.41) is 14.3. The van der Waals surface area contributed by atoms with E-state index in [1.54, 1.807) is 17.6 Å². The van der Waals surface area contributed by atoms with E-state index in [2.05, 4.69) is 22.0 Å². The summed E-state index contributed by atoms with van der Waals surface area (Å²) >= 11 is 0. The van der Waals surface area contributed by atoms with Gasteiger partial charge in [0.1, 0.15) is 41.1 Å². The number of fused-ring (bicyclic) bond motifs is 3. The molecule has 1 atom stereocenters. The highest BCUT2D eigenvalue weighted by atomic mass is 19.1. The molecule has 8 nitrogen and oxygen atoms in total. The summed E-state index contributed by atoms with van der Waals surface area (Å²) < 4.78 is 26.9. The highest BCUT2D eigenvalue weighted by molar-refractivity contribution is 5.91. The molecule has 29 heavy (non-hydrogen) atoms. The van der Waals surface area contributed by atoms with E-state index >= 15 is 0 Å². The summed E-state index contributed by atoms with van der Waals surface area (Å²) in [5.74, 6) is 5.23.